The molecule has 1 fully saturated rings. The summed E-state index contributed by atoms with van der Waals surface area (Å²) in [6.07, 6.45) is 2.30. The van der Waals surface area contributed by atoms with Crippen LogP contribution in [0.1, 0.15) is 19.8 Å². The third kappa shape index (κ3) is 4.76. The Bertz CT molecular complexity index is 650. The van der Waals surface area contributed by atoms with Crippen molar-refractivity contribution >= 4 is 21.6 Å². The summed E-state index contributed by atoms with van der Waals surface area (Å²) in [6.45, 7) is 4.71. The fraction of sp³-hybridized carbons (Fsp3) is 0.562. The highest BCUT2D eigenvalue weighted by atomic mass is 32.2. The fourth-order valence-electron chi connectivity index (χ4n) is 2.72. The number of piperidine rings is 1. The number of carbonyl (C=O) groups is 1. The molecule has 1 heterocycles. The van der Waals surface area contributed by atoms with Gasteiger partial charge in [0, 0.05) is 19.8 Å². The minimum atomic E-state index is -3.49. The molecule has 1 aromatic carbocycles. The van der Waals surface area contributed by atoms with E-state index in [0.29, 0.717) is 12.2 Å². The molecule has 0 aromatic heterocycles. The first-order chi connectivity index (χ1) is 10.8. The van der Waals surface area contributed by atoms with Crippen LogP contribution in [0.2, 0.25) is 0 Å². The Morgan fingerprint density at radius 1 is 1.30 bits per heavy atom. The summed E-state index contributed by atoms with van der Waals surface area (Å²) in [6, 6.07) is 6.38. The second kappa shape index (κ2) is 7.42. The second-order valence-electron chi connectivity index (χ2n) is 6.47. The van der Waals surface area contributed by atoms with Gasteiger partial charge >= 0.3 is 0 Å². The molecule has 2 N–H and O–H groups in total. The van der Waals surface area contributed by atoms with E-state index in [1.807, 2.05) is 0 Å². The number of nitrogens with zero attached hydrogens (tertiary/aromatic N) is 1. The van der Waals surface area contributed by atoms with Crippen LogP contribution in [-0.4, -0.2) is 52.4 Å². The van der Waals surface area contributed by atoms with Gasteiger partial charge < -0.3 is 10.2 Å². The summed E-state index contributed by atoms with van der Waals surface area (Å²) in [4.78, 5) is 13.6. The van der Waals surface area contributed by atoms with E-state index in [0.717, 1.165) is 36.2 Å². The number of amides is 1. The lowest BCUT2D eigenvalue weighted by Crippen LogP contribution is -3.14. The van der Waals surface area contributed by atoms with Crippen LogP contribution in [-0.2, 0) is 14.8 Å². The predicted octanol–water partition coefficient (Wildman–Crippen LogP) is 0.190. The van der Waals surface area contributed by atoms with E-state index < -0.39 is 10.0 Å². The zero-order chi connectivity index (χ0) is 17.0. The quantitative estimate of drug-likeness (QED) is 0.804. The van der Waals surface area contributed by atoms with Crippen LogP contribution >= 0.6 is 0 Å². The third-order valence-electron chi connectivity index (χ3n) is 4.29. The maximum atomic E-state index is 12.2. The van der Waals surface area contributed by atoms with Crippen molar-refractivity contribution in [1.82, 2.24) is 4.31 Å². The zero-order valence-corrected chi connectivity index (χ0v) is 14.8. The molecule has 6 nitrogen and oxygen atoms in total. The van der Waals surface area contributed by atoms with Crippen molar-refractivity contribution in [1.29, 1.82) is 0 Å². The lowest BCUT2D eigenvalue weighted by Gasteiger charge is -2.26. The molecule has 0 aliphatic carbocycles. The summed E-state index contributed by atoms with van der Waals surface area (Å²) >= 11 is 0. The highest BCUT2D eigenvalue weighted by Crippen LogP contribution is 2.17. The molecule has 7 heteroatoms. The van der Waals surface area contributed by atoms with Crippen molar-refractivity contribution in [2.45, 2.75) is 24.7 Å². The van der Waals surface area contributed by atoms with Gasteiger partial charge in [-0.25, -0.2) is 12.7 Å². The van der Waals surface area contributed by atoms with Gasteiger partial charge in [0.05, 0.1) is 18.0 Å². The van der Waals surface area contributed by atoms with E-state index in [1.54, 1.807) is 12.1 Å². The maximum Gasteiger partial charge on any atom is 0.279 e. The molecule has 0 bridgehead atoms. The monoisotopic (exact) mass is 340 g/mol. The molecule has 0 unspecified atom stereocenters. The summed E-state index contributed by atoms with van der Waals surface area (Å²) in [5, 5.41) is 2.81. The molecule has 1 amide bonds. The Balaban J connectivity index is 1.99. The number of sulfonamides is 1. The Morgan fingerprint density at radius 2 is 1.96 bits per heavy atom. The molecule has 1 aromatic rings. The summed E-state index contributed by atoms with van der Waals surface area (Å²) in [5.41, 5.74) is 0.516. The molecule has 128 valence electrons. The number of benzene rings is 1. The van der Waals surface area contributed by atoms with Crippen LogP contribution < -0.4 is 10.2 Å². The normalized spacial score (nSPS) is 22.1. The molecule has 1 aliphatic heterocycles. The van der Waals surface area contributed by atoms with Crippen molar-refractivity contribution in [2.24, 2.45) is 5.92 Å². The van der Waals surface area contributed by atoms with Crippen LogP contribution in [0.4, 0.5) is 5.69 Å². The maximum absolute atomic E-state index is 12.2. The molecule has 0 saturated carbocycles. The van der Waals surface area contributed by atoms with Crippen LogP contribution in [0.5, 0.6) is 0 Å². The number of rotatable bonds is 5. The van der Waals surface area contributed by atoms with Crippen LogP contribution in [0.15, 0.2) is 29.2 Å². The average Bonchev–Trinajstić information content (AvgIpc) is 2.49. The summed E-state index contributed by atoms with van der Waals surface area (Å²) in [7, 11) is -0.517. The number of carbonyl (C=O) groups excluding carboxylic acids is 1. The van der Waals surface area contributed by atoms with E-state index in [1.165, 1.54) is 31.1 Å². The van der Waals surface area contributed by atoms with Gasteiger partial charge in [0.15, 0.2) is 6.54 Å². The molecule has 1 saturated heterocycles. The molecule has 2 rings (SSSR count). The van der Waals surface area contributed by atoms with Crippen molar-refractivity contribution in [3.8, 4) is 0 Å². The van der Waals surface area contributed by atoms with Gasteiger partial charge in [0.25, 0.3) is 5.91 Å². The SMILES string of the molecule is CC1CC[NH+](CC(=O)Nc2cccc(S(=O)(=O)N(C)C)c2)CC1. The minimum Gasteiger partial charge on any atom is -0.327 e. The van der Waals surface area contributed by atoms with Gasteiger partial charge in [-0.2, -0.15) is 0 Å². The first kappa shape index (κ1) is 17.9. The molecular formula is C16H26N3O3S+. The Labute approximate surface area is 138 Å². The minimum absolute atomic E-state index is 0.0750. The first-order valence-corrected chi connectivity index (χ1v) is 9.39. The van der Waals surface area contributed by atoms with Gasteiger partial charge in [-0.1, -0.05) is 13.0 Å². The molecule has 0 radical (unpaired) electrons. The number of likely N-dealkylation sites (tertiary alicyclic amines) is 1. The van der Waals surface area contributed by atoms with E-state index in [4.69, 9.17) is 0 Å². The van der Waals surface area contributed by atoms with Gasteiger partial charge in [0.1, 0.15) is 0 Å². The van der Waals surface area contributed by atoms with Crippen molar-refractivity contribution in [3.63, 3.8) is 0 Å². The number of nitrogens with one attached hydrogen (secondary N) is 2. The average molecular weight is 340 g/mol. The van der Waals surface area contributed by atoms with E-state index >= 15 is 0 Å². The molecule has 1 aliphatic rings. The molecule has 0 spiro atoms. The number of anilines is 1. The lowest BCUT2D eigenvalue weighted by atomic mass is 9.99. The molecule has 23 heavy (non-hydrogen) atoms. The van der Waals surface area contributed by atoms with Crippen molar-refractivity contribution in [2.75, 3.05) is 39.0 Å². The molecular weight excluding hydrogens is 314 g/mol. The Morgan fingerprint density at radius 3 is 2.57 bits per heavy atom. The number of hydrogen-bond acceptors (Lipinski definition) is 3. The van der Waals surface area contributed by atoms with E-state index in [2.05, 4.69) is 12.2 Å². The number of quaternary nitrogens is 1. The lowest BCUT2D eigenvalue weighted by molar-refractivity contribution is -0.897. The standard InChI is InChI=1S/C16H25N3O3S/c1-13-7-9-19(10-8-13)12-16(20)17-14-5-4-6-15(11-14)23(21,22)18(2)3/h4-6,11,13H,7-10,12H2,1-3H3,(H,17,20)/p+1. The van der Waals surface area contributed by atoms with E-state index in [9.17, 15) is 13.2 Å². The van der Waals surface area contributed by atoms with Crippen LogP contribution in [0, 0.1) is 5.92 Å². The summed E-state index contributed by atoms with van der Waals surface area (Å²) < 4.78 is 25.4. The van der Waals surface area contributed by atoms with Gasteiger partial charge in [-0.05, 0) is 37.0 Å². The van der Waals surface area contributed by atoms with Gasteiger partial charge in [-0.15, -0.1) is 0 Å². The Hall–Kier alpha value is -1.44. The van der Waals surface area contributed by atoms with Gasteiger partial charge in [0.2, 0.25) is 10.0 Å². The van der Waals surface area contributed by atoms with Crippen molar-refractivity contribution in [3.05, 3.63) is 24.3 Å². The van der Waals surface area contributed by atoms with Crippen LogP contribution in [0.25, 0.3) is 0 Å². The highest BCUT2D eigenvalue weighted by molar-refractivity contribution is 7.89. The summed E-state index contributed by atoms with van der Waals surface area (Å²) in [5.74, 6) is 0.670. The first-order valence-electron chi connectivity index (χ1n) is 7.95. The topological polar surface area (TPSA) is 70.9 Å². The smallest absolute Gasteiger partial charge is 0.279 e. The highest BCUT2D eigenvalue weighted by Gasteiger charge is 2.22. The largest absolute Gasteiger partial charge is 0.327 e. The third-order valence-corrected chi connectivity index (χ3v) is 6.10. The Kier molecular flexibility index (Phi) is 5.78. The fourth-order valence-corrected chi connectivity index (χ4v) is 3.67. The van der Waals surface area contributed by atoms with Crippen LogP contribution in [0.3, 0.4) is 0 Å². The zero-order valence-electron chi connectivity index (χ0n) is 14.0. The second-order valence-corrected chi connectivity index (χ2v) is 8.62. The predicted molar refractivity (Wildman–Crippen MR) is 89.9 cm³/mol. The van der Waals surface area contributed by atoms with E-state index in [-0.39, 0.29) is 10.8 Å². The molecule has 0 atom stereocenters. The van der Waals surface area contributed by atoms with Gasteiger partial charge in [-0.3, -0.25) is 4.79 Å². The van der Waals surface area contributed by atoms with Crippen molar-refractivity contribution < 1.29 is 18.1 Å². The number of hydrogen-bond donors (Lipinski definition) is 2.